The van der Waals surface area contributed by atoms with Gasteiger partial charge in [-0.05, 0) is 46.2 Å². The SMILES string of the molecule is CC.CC.CC.CC(C)(C)c1ccc(N)cc1.CC(C)(C)c1ccc(N)cc1.c1ccccc1. The fourth-order valence-electron chi connectivity index (χ4n) is 2.35. The molecule has 4 N–H and O–H groups in total. The molecule has 192 valence electrons. The van der Waals surface area contributed by atoms with E-state index in [0.29, 0.717) is 0 Å². The van der Waals surface area contributed by atoms with E-state index in [1.807, 2.05) is 102 Å². The Kier molecular flexibility index (Phi) is 22.0. The van der Waals surface area contributed by atoms with Gasteiger partial charge in [-0.2, -0.15) is 0 Å². The van der Waals surface area contributed by atoms with Gasteiger partial charge in [-0.25, -0.2) is 0 Å². The molecule has 0 radical (unpaired) electrons. The highest BCUT2D eigenvalue weighted by Gasteiger charge is 2.12. The second-order valence-electron chi connectivity index (χ2n) is 8.90. The average molecular weight is 467 g/mol. The lowest BCUT2D eigenvalue weighted by atomic mass is 9.87. The van der Waals surface area contributed by atoms with E-state index in [9.17, 15) is 0 Å². The van der Waals surface area contributed by atoms with E-state index in [-0.39, 0.29) is 10.8 Å². The molecule has 34 heavy (non-hydrogen) atoms. The lowest BCUT2D eigenvalue weighted by Crippen LogP contribution is -2.10. The van der Waals surface area contributed by atoms with E-state index >= 15 is 0 Å². The van der Waals surface area contributed by atoms with Crippen LogP contribution in [0.2, 0.25) is 0 Å². The normalized spacial score (nSPS) is 9.41. The summed E-state index contributed by atoms with van der Waals surface area (Å²) < 4.78 is 0. The van der Waals surface area contributed by atoms with Crippen LogP contribution >= 0.6 is 0 Å². The Morgan fingerprint density at radius 3 is 0.706 bits per heavy atom. The third-order valence-electron chi connectivity index (χ3n) is 4.22. The molecule has 0 bridgehead atoms. The maximum atomic E-state index is 5.57. The molecular formula is C32H54N2. The largest absolute Gasteiger partial charge is 0.399 e. The van der Waals surface area contributed by atoms with Crippen molar-refractivity contribution in [3.63, 3.8) is 0 Å². The number of nitrogen functional groups attached to an aromatic ring is 2. The summed E-state index contributed by atoms with van der Waals surface area (Å²) in [6.45, 7) is 25.2. The number of anilines is 2. The summed E-state index contributed by atoms with van der Waals surface area (Å²) in [4.78, 5) is 0. The lowest BCUT2D eigenvalue weighted by Gasteiger charge is -2.18. The molecule has 0 aliphatic carbocycles. The first-order valence-corrected chi connectivity index (χ1v) is 12.7. The topological polar surface area (TPSA) is 52.0 Å². The van der Waals surface area contributed by atoms with Crippen molar-refractivity contribution in [2.24, 2.45) is 0 Å². The van der Waals surface area contributed by atoms with Crippen LogP contribution in [0.1, 0.15) is 94.2 Å². The van der Waals surface area contributed by atoms with Crippen LogP contribution in [-0.2, 0) is 10.8 Å². The Labute approximate surface area is 212 Å². The molecule has 2 heteroatoms. The lowest BCUT2D eigenvalue weighted by molar-refractivity contribution is 0.590. The van der Waals surface area contributed by atoms with Gasteiger partial charge in [0.2, 0.25) is 0 Å². The molecule has 3 rings (SSSR count). The van der Waals surface area contributed by atoms with Crippen molar-refractivity contribution in [3.05, 3.63) is 96.1 Å². The van der Waals surface area contributed by atoms with Gasteiger partial charge in [-0.3, -0.25) is 0 Å². The number of hydrogen-bond acceptors (Lipinski definition) is 2. The predicted molar refractivity (Wildman–Crippen MR) is 160 cm³/mol. The summed E-state index contributed by atoms with van der Waals surface area (Å²) in [6.07, 6.45) is 0. The van der Waals surface area contributed by atoms with Gasteiger partial charge in [0.1, 0.15) is 0 Å². The third kappa shape index (κ3) is 18.8. The highest BCUT2D eigenvalue weighted by molar-refractivity contribution is 5.41. The van der Waals surface area contributed by atoms with Crippen molar-refractivity contribution in [3.8, 4) is 0 Å². The van der Waals surface area contributed by atoms with Crippen LogP contribution in [0.3, 0.4) is 0 Å². The van der Waals surface area contributed by atoms with Gasteiger partial charge in [0.15, 0.2) is 0 Å². The van der Waals surface area contributed by atoms with E-state index in [2.05, 4.69) is 65.8 Å². The minimum Gasteiger partial charge on any atom is -0.399 e. The van der Waals surface area contributed by atoms with Crippen LogP contribution in [0.4, 0.5) is 11.4 Å². The molecule has 0 saturated carbocycles. The molecule has 0 amide bonds. The van der Waals surface area contributed by atoms with Gasteiger partial charge in [0, 0.05) is 11.4 Å². The standard InChI is InChI=1S/2C10H15N.C6H6.3C2H6/c2*1-10(2,3)8-4-6-9(11)7-5-8;1-2-4-6-5-3-1;3*1-2/h2*4-7H,11H2,1-3H3;1-6H;3*1-2H3. The van der Waals surface area contributed by atoms with Gasteiger partial charge in [-0.1, -0.05) is 144 Å². The summed E-state index contributed by atoms with van der Waals surface area (Å²) in [7, 11) is 0. The molecule has 0 aliphatic heterocycles. The van der Waals surface area contributed by atoms with Crippen LogP contribution in [0.15, 0.2) is 84.9 Å². The highest BCUT2D eigenvalue weighted by atomic mass is 14.5. The van der Waals surface area contributed by atoms with Crippen molar-refractivity contribution in [1.29, 1.82) is 0 Å². The predicted octanol–water partition coefficient (Wildman–Crippen LogP) is 9.90. The summed E-state index contributed by atoms with van der Waals surface area (Å²) in [5.41, 5.74) is 15.9. The Hall–Kier alpha value is -2.74. The van der Waals surface area contributed by atoms with Gasteiger partial charge in [0.05, 0.1) is 0 Å². The number of rotatable bonds is 0. The quantitative estimate of drug-likeness (QED) is 0.324. The molecule has 0 aromatic heterocycles. The maximum absolute atomic E-state index is 5.57. The molecular weight excluding hydrogens is 412 g/mol. The monoisotopic (exact) mass is 466 g/mol. The third-order valence-corrected chi connectivity index (χ3v) is 4.22. The first-order valence-electron chi connectivity index (χ1n) is 12.7. The molecule has 0 unspecified atom stereocenters. The molecule has 3 aromatic rings. The van der Waals surface area contributed by atoms with Gasteiger partial charge < -0.3 is 11.5 Å². The second-order valence-corrected chi connectivity index (χ2v) is 8.90. The van der Waals surface area contributed by atoms with E-state index in [1.54, 1.807) is 0 Å². The first-order chi connectivity index (χ1) is 16.0. The number of benzene rings is 3. The summed E-state index contributed by atoms with van der Waals surface area (Å²) in [6, 6.07) is 28.1. The van der Waals surface area contributed by atoms with Crippen molar-refractivity contribution >= 4 is 11.4 Å². The van der Waals surface area contributed by atoms with E-state index in [4.69, 9.17) is 11.5 Å². The van der Waals surface area contributed by atoms with E-state index < -0.39 is 0 Å². The van der Waals surface area contributed by atoms with E-state index in [1.165, 1.54) is 11.1 Å². The minimum atomic E-state index is 0.230. The van der Waals surface area contributed by atoms with Crippen LogP contribution in [0.25, 0.3) is 0 Å². The first kappa shape index (κ1) is 35.8. The number of hydrogen-bond donors (Lipinski definition) is 2. The Morgan fingerprint density at radius 2 is 0.559 bits per heavy atom. The molecule has 0 fully saturated rings. The highest BCUT2D eigenvalue weighted by Crippen LogP contribution is 2.23. The van der Waals surface area contributed by atoms with Gasteiger partial charge in [0.25, 0.3) is 0 Å². The Bertz CT molecular complexity index is 693. The average Bonchev–Trinajstić information content (AvgIpc) is 2.84. The van der Waals surface area contributed by atoms with Gasteiger partial charge in [-0.15, -0.1) is 0 Å². The Morgan fingerprint density at radius 1 is 0.382 bits per heavy atom. The Balaban J connectivity index is -0.000000392. The molecule has 0 heterocycles. The van der Waals surface area contributed by atoms with Crippen molar-refractivity contribution in [1.82, 2.24) is 0 Å². The zero-order valence-corrected chi connectivity index (χ0v) is 24.2. The molecule has 3 aromatic carbocycles. The van der Waals surface area contributed by atoms with Crippen LogP contribution in [0, 0.1) is 0 Å². The smallest absolute Gasteiger partial charge is 0.0314 e. The van der Waals surface area contributed by atoms with Crippen LogP contribution < -0.4 is 11.5 Å². The summed E-state index contributed by atoms with van der Waals surface area (Å²) in [5.74, 6) is 0. The van der Waals surface area contributed by atoms with Gasteiger partial charge >= 0.3 is 0 Å². The fourth-order valence-corrected chi connectivity index (χ4v) is 2.35. The molecule has 0 atom stereocenters. The number of nitrogens with two attached hydrogens (primary N) is 2. The zero-order valence-electron chi connectivity index (χ0n) is 24.2. The van der Waals surface area contributed by atoms with Crippen molar-refractivity contribution < 1.29 is 0 Å². The molecule has 0 spiro atoms. The maximum Gasteiger partial charge on any atom is 0.0314 e. The van der Waals surface area contributed by atoms with Crippen molar-refractivity contribution in [2.45, 2.75) is 93.9 Å². The molecule has 0 saturated heterocycles. The van der Waals surface area contributed by atoms with E-state index in [0.717, 1.165) is 11.4 Å². The second kappa shape index (κ2) is 20.8. The minimum absolute atomic E-state index is 0.230. The zero-order chi connectivity index (χ0) is 27.2. The van der Waals surface area contributed by atoms with Crippen LogP contribution in [-0.4, -0.2) is 0 Å². The molecule has 2 nitrogen and oxygen atoms in total. The molecule has 0 aliphatic rings. The summed E-state index contributed by atoms with van der Waals surface area (Å²) in [5, 5.41) is 0. The van der Waals surface area contributed by atoms with Crippen LogP contribution in [0.5, 0.6) is 0 Å². The van der Waals surface area contributed by atoms with Crippen molar-refractivity contribution in [2.75, 3.05) is 11.5 Å². The fraction of sp³-hybridized carbons (Fsp3) is 0.438. The summed E-state index contributed by atoms with van der Waals surface area (Å²) >= 11 is 0.